The van der Waals surface area contributed by atoms with E-state index in [2.05, 4.69) is 15.3 Å². The molecule has 1 atom stereocenters. The van der Waals surface area contributed by atoms with Gasteiger partial charge in [0.1, 0.15) is 0 Å². The zero-order valence-electron chi connectivity index (χ0n) is 18.7. The molecule has 0 bridgehead atoms. The standard InChI is InChI=1S/C24H21F4IN5O2/c25-19-6-14(8-30-21(19)20-7-29-20)18-5-15(9-31-22(18)34-10-13(11-34)12-35)23(36)32-16-1-3-17(4-2-16)33-24(26,27)28/h1-6,8-9,13,20,33,35H,7,10-12H2,(H,32,36)/q-1. The van der Waals surface area contributed by atoms with Crippen LogP contribution in [0.1, 0.15) is 20.0 Å². The van der Waals surface area contributed by atoms with Gasteiger partial charge in [-0.25, -0.2) is 0 Å². The number of anilines is 3. The molecular weight excluding hydrogens is 593 g/mol. The Kier molecular flexibility index (Phi) is 6.72. The monoisotopic (exact) mass is 614 g/mol. The first-order valence-electron chi connectivity index (χ1n) is 11.1. The zero-order valence-corrected chi connectivity index (χ0v) is 20.8. The Morgan fingerprint density at radius 3 is 2.42 bits per heavy atom. The second kappa shape index (κ2) is 9.81. The van der Waals surface area contributed by atoms with E-state index in [1.54, 1.807) is 12.3 Å². The Bertz CT molecular complexity index is 1280. The van der Waals surface area contributed by atoms with E-state index in [4.69, 9.17) is 0 Å². The van der Waals surface area contributed by atoms with Crippen LogP contribution in [0, 0.1) is 11.7 Å². The summed E-state index contributed by atoms with van der Waals surface area (Å²) in [4.78, 5) is 23.7. The van der Waals surface area contributed by atoms with E-state index in [9.17, 15) is 27.5 Å². The van der Waals surface area contributed by atoms with Crippen LogP contribution in [0.15, 0.2) is 48.8 Å². The maximum atomic E-state index is 14.8. The average molecular weight is 614 g/mol. The molecule has 2 saturated heterocycles. The maximum absolute atomic E-state index is 14.8. The van der Waals surface area contributed by atoms with E-state index in [0.29, 0.717) is 41.4 Å². The predicted molar refractivity (Wildman–Crippen MR) is 122 cm³/mol. The summed E-state index contributed by atoms with van der Waals surface area (Å²) in [5, 5.41) is 13.4. The van der Waals surface area contributed by atoms with Crippen LogP contribution < -0.4 is 36.7 Å². The van der Waals surface area contributed by atoms with Crippen molar-refractivity contribution in [3.63, 3.8) is 0 Å². The molecule has 0 spiro atoms. The fourth-order valence-electron chi connectivity index (χ4n) is 3.93. The molecule has 0 aliphatic carbocycles. The molecule has 2 fully saturated rings. The van der Waals surface area contributed by atoms with Crippen molar-refractivity contribution in [3.8, 4) is 11.1 Å². The van der Waals surface area contributed by atoms with Crippen LogP contribution in [0.5, 0.6) is 0 Å². The number of hydrogen-bond donors (Lipinski definition) is 3. The van der Waals surface area contributed by atoms with Crippen LogP contribution >= 0.6 is 0 Å². The number of halogens is 5. The molecule has 0 radical (unpaired) electrons. The third kappa shape index (κ3) is 5.53. The van der Waals surface area contributed by atoms with E-state index in [1.807, 2.05) is 4.90 Å². The van der Waals surface area contributed by atoms with Crippen LogP contribution in [-0.4, -0.2) is 51.4 Å². The van der Waals surface area contributed by atoms with Gasteiger partial charge < -0.3 is 0 Å². The van der Waals surface area contributed by atoms with Crippen LogP contribution in [-0.2, 0) is 0 Å². The molecule has 36 heavy (non-hydrogen) atoms. The van der Waals surface area contributed by atoms with Crippen LogP contribution in [0.2, 0.25) is 0 Å². The summed E-state index contributed by atoms with van der Waals surface area (Å²) in [6.45, 7) is 1.22. The Morgan fingerprint density at radius 2 is 1.81 bits per heavy atom. The van der Waals surface area contributed by atoms with Gasteiger partial charge in [-0.15, -0.1) is 0 Å². The van der Waals surface area contributed by atoms with Crippen molar-refractivity contribution in [1.82, 2.24) is 9.97 Å². The number of pyridine rings is 2. The molecule has 4 heterocycles. The summed E-state index contributed by atoms with van der Waals surface area (Å²) in [5.74, 6) is -0.212. The Hall–Kier alpha value is -3.00. The van der Waals surface area contributed by atoms with Gasteiger partial charge in [0.15, 0.2) is 0 Å². The number of amides is 1. The molecule has 1 unspecified atom stereocenters. The van der Waals surface area contributed by atoms with Gasteiger partial charge in [0.25, 0.3) is 0 Å². The average Bonchev–Trinajstić information content (AvgIpc) is 3.64. The number of nitrogens with zero attached hydrogens (tertiary/aromatic N) is 3. The molecular formula is C24H21F4IN5O2-. The summed E-state index contributed by atoms with van der Waals surface area (Å²) in [7, 11) is 0. The van der Waals surface area contributed by atoms with E-state index >= 15 is 0 Å². The number of aromatic nitrogens is 2. The predicted octanol–water partition coefficient (Wildman–Crippen LogP) is 1.04. The minimum absolute atomic E-state index is 0.0121. The number of rotatable bonds is 7. The van der Waals surface area contributed by atoms with Crippen molar-refractivity contribution < 1.29 is 48.7 Å². The number of nitrogens with one attached hydrogen (secondary N) is 2. The second-order valence-corrected chi connectivity index (χ2v) is 11.8. The fourth-order valence-corrected chi connectivity index (χ4v) is 5.47. The number of aliphatic hydroxyl groups excluding tert-OH is 1. The summed E-state index contributed by atoms with van der Waals surface area (Å²) < 4.78 is 53.5. The van der Waals surface area contributed by atoms with Gasteiger partial charge in [-0.3, -0.25) is 5.32 Å². The normalized spacial score (nSPS) is 17.7. The first-order chi connectivity index (χ1) is 17.2. The molecule has 2 aliphatic heterocycles. The van der Waals surface area contributed by atoms with E-state index < -0.39 is 12.2 Å². The summed E-state index contributed by atoms with van der Waals surface area (Å²) in [6, 6.07) is 8.13. The van der Waals surface area contributed by atoms with Gasteiger partial charge in [-0.2, -0.15) is 13.2 Å². The van der Waals surface area contributed by atoms with E-state index in [0.717, 1.165) is 4.43 Å². The van der Waals surface area contributed by atoms with Crippen LogP contribution in [0.3, 0.4) is 0 Å². The topological polar surface area (TPSA) is 90.4 Å². The Morgan fingerprint density at radius 1 is 1.11 bits per heavy atom. The van der Waals surface area contributed by atoms with Crippen molar-refractivity contribution >= 4 is 23.1 Å². The quantitative estimate of drug-likeness (QED) is 0.160. The second-order valence-electron chi connectivity index (χ2n) is 8.57. The molecule has 1 aromatic carbocycles. The molecule has 190 valence electrons. The van der Waals surface area contributed by atoms with Gasteiger partial charge in [0, 0.05) is 5.69 Å². The summed E-state index contributed by atoms with van der Waals surface area (Å²) in [5.41, 5.74) is 1.85. The summed E-state index contributed by atoms with van der Waals surface area (Å²) in [6.07, 6.45) is -1.57. The van der Waals surface area contributed by atoms with Crippen molar-refractivity contribution in [1.29, 1.82) is 0 Å². The van der Waals surface area contributed by atoms with Gasteiger partial charge in [0.05, 0.1) is 0 Å². The molecule has 2 aliphatic rings. The third-order valence-electron chi connectivity index (χ3n) is 5.86. The number of aliphatic hydroxyl groups is 1. The van der Waals surface area contributed by atoms with Crippen molar-refractivity contribution in [3.05, 3.63) is 65.9 Å². The Balaban J connectivity index is 1.40. The summed E-state index contributed by atoms with van der Waals surface area (Å²) >= 11 is -0.0121. The molecule has 12 heteroatoms. The molecule has 0 saturated carbocycles. The van der Waals surface area contributed by atoms with E-state index in [-0.39, 0.29) is 54.7 Å². The number of alkyl halides is 5. The van der Waals surface area contributed by atoms with Crippen LogP contribution in [0.4, 0.5) is 34.8 Å². The number of carbonyl (C=O) groups is 1. The zero-order chi connectivity index (χ0) is 25.4. The fraction of sp³-hybridized carbons (Fsp3) is 0.292. The number of benzene rings is 1. The first-order valence-corrected chi connectivity index (χ1v) is 13.8. The minimum atomic E-state index is -4.56. The molecule has 7 nitrogen and oxygen atoms in total. The molecule has 3 aromatic rings. The number of carbonyl (C=O) groups excluding carboxylic acids is 1. The van der Waals surface area contributed by atoms with Crippen molar-refractivity contribution in [2.45, 2.75) is 10.2 Å². The van der Waals surface area contributed by atoms with Gasteiger partial charge in [0.2, 0.25) is 0 Å². The molecule has 5 rings (SSSR count). The van der Waals surface area contributed by atoms with Crippen molar-refractivity contribution in [2.24, 2.45) is 5.92 Å². The Labute approximate surface area is 214 Å². The van der Waals surface area contributed by atoms with Gasteiger partial charge >= 0.3 is 178 Å². The SMILES string of the molecule is O=C(Nc1ccc(NC(F)(F)F)cc1)c1cnc(N2CC(CO)C2)c(-c2cnc(C3C[I-]3)c(F)c2)c1. The third-order valence-corrected chi connectivity index (χ3v) is 8.21. The van der Waals surface area contributed by atoms with Gasteiger partial charge in [-0.1, -0.05) is 0 Å². The molecule has 1 amide bonds. The van der Waals surface area contributed by atoms with Gasteiger partial charge in [-0.05, 0) is 12.1 Å². The van der Waals surface area contributed by atoms with Crippen LogP contribution in [0.25, 0.3) is 11.1 Å². The first kappa shape index (κ1) is 24.7. The molecule has 3 N–H and O–H groups in total. The van der Waals surface area contributed by atoms with E-state index in [1.165, 1.54) is 41.8 Å². The molecule has 2 aromatic heterocycles. The van der Waals surface area contributed by atoms with Crippen molar-refractivity contribution in [2.75, 3.05) is 39.7 Å². The number of hydrogen-bond acceptors (Lipinski definition) is 6.